The lowest BCUT2D eigenvalue weighted by atomic mass is 9.86. The largest absolute Gasteiger partial charge is 0.496 e. The molecule has 0 saturated heterocycles. The number of methoxy groups -OCH3 is 1. The highest BCUT2D eigenvalue weighted by Crippen LogP contribution is 2.37. The maximum Gasteiger partial charge on any atom is 0.419 e. The first-order valence-corrected chi connectivity index (χ1v) is 10.6. The van der Waals surface area contributed by atoms with E-state index in [1.165, 1.54) is 6.07 Å². The molecular formula is C18H25F3N2O4S. The zero-order valence-electron chi connectivity index (χ0n) is 16.0. The van der Waals surface area contributed by atoms with Gasteiger partial charge in [-0.3, -0.25) is 4.79 Å². The maximum atomic E-state index is 12.9. The number of carbonyl (C=O) groups is 1. The van der Waals surface area contributed by atoms with Crippen molar-refractivity contribution in [2.75, 3.05) is 12.4 Å². The molecule has 0 atom stereocenters. The summed E-state index contributed by atoms with van der Waals surface area (Å²) in [5.41, 5.74) is -0.691. The molecule has 2 N–H and O–H groups in total. The maximum absolute atomic E-state index is 12.9. The number of nitrogens with one attached hydrogen (secondary N) is 2. The lowest BCUT2D eigenvalue weighted by Gasteiger charge is -2.28. The van der Waals surface area contributed by atoms with E-state index in [0.717, 1.165) is 19.2 Å². The lowest BCUT2D eigenvalue weighted by Crippen LogP contribution is -2.42. The number of sulfonamides is 1. The van der Waals surface area contributed by atoms with Gasteiger partial charge in [0, 0.05) is 23.7 Å². The number of hydrogen-bond acceptors (Lipinski definition) is 4. The van der Waals surface area contributed by atoms with Crippen LogP contribution in [0.15, 0.2) is 18.2 Å². The van der Waals surface area contributed by atoms with E-state index in [2.05, 4.69) is 10.0 Å². The highest BCUT2D eigenvalue weighted by molar-refractivity contribution is 7.90. The zero-order valence-corrected chi connectivity index (χ0v) is 16.8. The number of alkyl halides is 3. The summed E-state index contributed by atoms with van der Waals surface area (Å²) in [5.74, 6) is -0.989. The second-order valence-electron chi connectivity index (χ2n) is 7.16. The first-order chi connectivity index (χ1) is 12.9. The highest BCUT2D eigenvalue weighted by atomic mass is 32.2. The van der Waals surface area contributed by atoms with Gasteiger partial charge in [0.2, 0.25) is 15.9 Å². The Balaban J connectivity index is 1.96. The van der Waals surface area contributed by atoms with Crippen molar-refractivity contribution in [3.8, 4) is 5.75 Å². The van der Waals surface area contributed by atoms with E-state index in [1.54, 1.807) is 13.8 Å². The van der Waals surface area contributed by atoms with E-state index in [9.17, 15) is 26.4 Å². The summed E-state index contributed by atoms with van der Waals surface area (Å²) in [5, 5.41) is 2.10. The Morgan fingerprint density at radius 2 is 1.79 bits per heavy atom. The van der Waals surface area contributed by atoms with Gasteiger partial charge in [0.15, 0.2) is 0 Å². The third-order valence-electron chi connectivity index (χ3n) is 4.82. The van der Waals surface area contributed by atoms with Crippen LogP contribution in [0.3, 0.4) is 0 Å². The van der Waals surface area contributed by atoms with Crippen molar-refractivity contribution in [2.24, 2.45) is 5.92 Å². The van der Waals surface area contributed by atoms with Gasteiger partial charge in [0.25, 0.3) is 0 Å². The van der Waals surface area contributed by atoms with Crippen molar-refractivity contribution in [2.45, 2.75) is 57.0 Å². The van der Waals surface area contributed by atoms with Gasteiger partial charge in [-0.1, -0.05) is 0 Å². The van der Waals surface area contributed by atoms with Crippen LogP contribution >= 0.6 is 0 Å². The van der Waals surface area contributed by atoms with Gasteiger partial charge in [-0.15, -0.1) is 0 Å². The molecule has 0 unspecified atom stereocenters. The van der Waals surface area contributed by atoms with Crippen LogP contribution in [-0.4, -0.2) is 32.7 Å². The van der Waals surface area contributed by atoms with Crippen LogP contribution in [0.2, 0.25) is 0 Å². The summed E-state index contributed by atoms with van der Waals surface area (Å²) < 4.78 is 70.0. The van der Waals surface area contributed by atoms with Crippen molar-refractivity contribution in [3.05, 3.63) is 23.8 Å². The fourth-order valence-electron chi connectivity index (χ4n) is 3.09. The van der Waals surface area contributed by atoms with Crippen LogP contribution in [0.1, 0.15) is 45.1 Å². The molecule has 1 aromatic rings. The molecule has 28 heavy (non-hydrogen) atoms. The molecular weight excluding hydrogens is 397 g/mol. The zero-order chi connectivity index (χ0) is 21.1. The van der Waals surface area contributed by atoms with E-state index < -0.39 is 27.0 Å². The third-order valence-corrected chi connectivity index (χ3v) is 6.73. The molecule has 10 heteroatoms. The van der Waals surface area contributed by atoms with E-state index in [4.69, 9.17) is 4.74 Å². The molecule has 0 bridgehead atoms. The predicted molar refractivity (Wildman–Crippen MR) is 99.6 cm³/mol. The predicted octanol–water partition coefficient (Wildman–Crippen LogP) is 3.54. The minimum Gasteiger partial charge on any atom is -0.496 e. The van der Waals surface area contributed by atoms with Crippen molar-refractivity contribution >= 4 is 21.6 Å². The highest BCUT2D eigenvalue weighted by Gasteiger charge is 2.34. The van der Waals surface area contributed by atoms with Crippen molar-refractivity contribution in [1.29, 1.82) is 0 Å². The van der Waals surface area contributed by atoms with Crippen molar-refractivity contribution < 1.29 is 31.1 Å². The molecule has 1 saturated carbocycles. The van der Waals surface area contributed by atoms with Gasteiger partial charge in [0.05, 0.1) is 17.9 Å². The molecule has 1 fully saturated rings. The number of hydrogen-bond donors (Lipinski definition) is 2. The number of halogens is 3. The summed E-state index contributed by atoms with van der Waals surface area (Å²) in [6.45, 7) is 3.19. The second-order valence-corrected chi connectivity index (χ2v) is 9.43. The van der Waals surface area contributed by atoms with Crippen LogP contribution in [0.25, 0.3) is 0 Å². The smallest absolute Gasteiger partial charge is 0.419 e. The number of ether oxygens (including phenoxy) is 1. The monoisotopic (exact) mass is 422 g/mol. The van der Waals surface area contributed by atoms with Gasteiger partial charge in [-0.25, -0.2) is 13.1 Å². The summed E-state index contributed by atoms with van der Waals surface area (Å²) >= 11 is 0. The molecule has 0 aliphatic heterocycles. The summed E-state index contributed by atoms with van der Waals surface area (Å²) in [6, 6.07) is 2.99. The third kappa shape index (κ3) is 5.60. The molecule has 6 nitrogen and oxygen atoms in total. The summed E-state index contributed by atoms with van der Waals surface area (Å²) in [6.07, 6.45) is -2.50. The molecule has 2 rings (SSSR count). The Kier molecular flexibility index (Phi) is 6.97. The van der Waals surface area contributed by atoms with E-state index in [0.29, 0.717) is 25.7 Å². The van der Waals surface area contributed by atoms with Gasteiger partial charge in [-0.05, 0) is 51.7 Å². The first-order valence-electron chi connectivity index (χ1n) is 9.01. The Bertz CT molecular complexity index is 802. The fraction of sp³-hybridized carbons (Fsp3) is 0.611. The van der Waals surface area contributed by atoms with Crippen LogP contribution in [0.5, 0.6) is 5.75 Å². The number of anilines is 1. The Hall–Kier alpha value is -1.81. The van der Waals surface area contributed by atoms with Gasteiger partial charge in [0.1, 0.15) is 5.75 Å². The molecule has 0 spiro atoms. The van der Waals surface area contributed by atoms with Crippen LogP contribution in [0.4, 0.5) is 18.9 Å². The second kappa shape index (κ2) is 8.69. The Morgan fingerprint density at radius 3 is 2.29 bits per heavy atom. The normalized spacial score (nSPS) is 20.8. The Morgan fingerprint density at radius 1 is 1.18 bits per heavy atom. The molecule has 1 aromatic carbocycles. The van der Waals surface area contributed by atoms with Crippen molar-refractivity contribution in [3.63, 3.8) is 0 Å². The van der Waals surface area contributed by atoms with E-state index in [1.807, 2.05) is 0 Å². The minimum atomic E-state index is -4.55. The molecule has 0 aromatic heterocycles. The van der Waals surface area contributed by atoms with E-state index in [-0.39, 0.29) is 29.3 Å². The molecule has 1 amide bonds. The van der Waals surface area contributed by atoms with Crippen LogP contribution in [-0.2, 0) is 21.0 Å². The quantitative estimate of drug-likeness (QED) is 0.735. The molecule has 0 heterocycles. The SMILES string of the molecule is COc1cc(NC(=O)C2CCC(NS(=O)(=O)C(C)C)CC2)ccc1C(F)(F)F. The summed E-state index contributed by atoms with van der Waals surface area (Å²) in [4.78, 5) is 12.4. The molecule has 0 radical (unpaired) electrons. The number of benzene rings is 1. The fourth-order valence-corrected chi connectivity index (χ4v) is 4.06. The Labute approximate surface area is 162 Å². The average Bonchev–Trinajstić information content (AvgIpc) is 2.60. The van der Waals surface area contributed by atoms with Crippen molar-refractivity contribution in [1.82, 2.24) is 4.72 Å². The van der Waals surface area contributed by atoms with Gasteiger partial charge >= 0.3 is 6.18 Å². The molecule has 1 aliphatic rings. The standard InChI is InChI=1S/C18H25F3N2O4S/c1-11(2)28(25,26)23-13-6-4-12(5-7-13)17(24)22-14-8-9-15(18(19,20)21)16(10-14)27-3/h8-13,23H,4-7H2,1-3H3,(H,22,24). The topological polar surface area (TPSA) is 84.5 Å². The average molecular weight is 422 g/mol. The molecule has 158 valence electrons. The van der Waals surface area contributed by atoms with E-state index >= 15 is 0 Å². The number of rotatable bonds is 6. The van der Waals surface area contributed by atoms with Crippen LogP contribution in [0, 0.1) is 5.92 Å². The van der Waals surface area contributed by atoms with Gasteiger partial charge < -0.3 is 10.1 Å². The lowest BCUT2D eigenvalue weighted by molar-refractivity contribution is -0.138. The van der Waals surface area contributed by atoms with Crippen LogP contribution < -0.4 is 14.8 Å². The first kappa shape index (κ1) is 22.5. The molecule has 1 aliphatic carbocycles. The number of carbonyl (C=O) groups excluding carboxylic acids is 1. The number of amides is 1. The van der Waals surface area contributed by atoms with Gasteiger partial charge in [-0.2, -0.15) is 13.2 Å². The summed E-state index contributed by atoms with van der Waals surface area (Å²) in [7, 11) is -2.23. The minimum absolute atomic E-state index is 0.206.